The van der Waals surface area contributed by atoms with Crippen molar-refractivity contribution in [2.75, 3.05) is 7.05 Å². The van der Waals surface area contributed by atoms with Gasteiger partial charge < -0.3 is 5.32 Å². The SMILES string of the molecule is CNC1(C)CC=CC=C(c2ccc(-c3ccccc3)c3ccccc23)C1. The van der Waals surface area contributed by atoms with E-state index in [-0.39, 0.29) is 5.54 Å². The van der Waals surface area contributed by atoms with Crippen molar-refractivity contribution >= 4 is 16.3 Å². The lowest BCUT2D eigenvalue weighted by Crippen LogP contribution is -2.39. The fourth-order valence-electron chi connectivity index (χ4n) is 3.89. The van der Waals surface area contributed by atoms with E-state index < -0.39 is 0 Å². The van der Waals surface area contributed by atoms with E-state index in [1.165, 1.54) is 33.0 Å². The Kier molecular flexibility index (Phi) is 4.48. The molecular weight excluding hydrogens is 314 g/mol. The molecule has 3 aromatic carbocycles. The van der Waals surface area contributed by atoms with E-state index in [4.69, 9.17) is 0 Å². The van der Waals surface area contributed by atoms with E-state index in [0.29, 0.717) is 0 Å². The van der Waals surface area contributed by atoms with Crippen LogP contribution in [0.1, 0.15) is 25.3 Å². The van der Waals surface area contributed by atoms with Crippen molar-refractivity contribution in [1.82, 2.24) is 5.32 Å². The van der Waals surface area contributed by atoms with E-state index in [9.17, 15) is 0 Å². The summed E-state index contributed by atoms with van der Waals surface area (Å²) in [6, 6.07) is 24.0. The largest absolute Gasteiger partial charge is 0.314 e. The predicted octanol–water partition coefficient (Wildman–Crippen LogP) is 6.22. The minimum Gasteiger partial charge on any atom is -0.314 e. The molecule has 0 amide bonds. The summed E-state index contributed by atoms with van der Waals surface area (Å²) in [5.74, 6) is 0. The van der Waals surface area contributed by atoms with Gasteiger partial charge >= 0.3 is 0 Å². The van der Waals surface area contributed by atoms with Crippen LogP contribution in [-0.4, -0.2) is 12.6 Å². The van der Waals surface area contributed by atoms with Gasteiger partial charge in [0.25, 0.3) is 0 Å². The van der Waals surface area contributed by atoms with Crippen molar-refractivity contribution in [2.24, 2.45) is 0 Å². The Balaban J connectivity index is 1.88. The van der Waals surface area contributed by atoms with Crippen LogP contribution in [0.5, 0.6) is 0 Å². The predicted molar refractivity (Wildman–Crippen MR) is 113 cm³/mol. The van der Waals surface area contributed by atoms with Gasteiger partial charge in [0.1, 0.15) is 0 Å². The molecule has 1 atom stereocenters. The molecule has 0 saturated carbocycles. The molecule has 1 heteroatoms. The molecule has 1 nitrogen and oxygen atoms in total. The van der Waals surface area contributed by atoms with Crippen LogP contribution < -0.4 is 5.32 Å². The van der Waals surface area contributed by atoms with Crippen molar-refractivity contribution in [2.45, 2.75) is 25.3 Å². The van der Waals surface area contributed by atoms with Gasteiger partial charge in [-0.3, -0.25) is 0 Å². The van der Waals surface area contributed by atoms with Gasteiger partial charge in [-0.15, -0.1) is 0 Å². The van der Waals surface area contributed by atoms with Gasteiger partial charge in [-0.05, 0) is 59.8 Å². The van der Waals surface area contributed by atoms with Crippen LogP contribution in [0.25, 0.3) is 27.5 Å². The normalized spacial score (nSPS) is 20.0. The highest BCUT2D eigenvalue weighted by molar-refractivity contribution is 6.03. The quantitative estimate of drug-likeness (QED) is 0.597. The molecule has 1 unspecified atom stereocenters. The molecule has 0 aromatic heterocycles. The number of hydrogen-bond donors (Lipinski definition) is 1. The summed E-state index contributed by atoms with van der Waals surface area (Å²) >= 11 is 0. The summed E-state index contributed by atoms with van der Waals surface area (Å²) < 4.78 is 0. The zero-order valence-electron chi connectivity index (χ0n) is 15.5. The van der Waals surface area contributed by atoms with Crippen LogP contribution in [0, 0.1) is 0 Å². The van der Waals surface area contributed by atoms with E-state index in [1.807, 2.05) is 0 Å². The maximum Gasteiger partial charge on any atom is 0.0225 e. The first-order valence-electron chi connectivity index (χ1n) is 9.32. The monoisotopic (exact) mass is 339 g/mol. The highest BCUT2D eigenvalue weighted by atomic mass is 14.9. The van der Waals surface area contributed by atoms with E-state index in [0.717, 1.165) is 12.8 Å². The molecule has 0 bridgehead atoms. The molecule has 1 N–H and O–H groups in total. The van der Waals surface area contributed by atoms with Crippen LogP contribution in [0.3, 0.4) is 0 Å². The Morgan fingerprint density at radius 2 is 1.46 bits per heavy atom. The van der Waals surface area contributed by atoms with Gasteiger partial charge in [-0.1, -0.05) is 85.0 Å². The summed E-state index contributed by atoms with van der Waals surface area (Å²) in [5, 5.41) is 6.16. The molecule has 4 rings (SSSR count). The molecular formula is C25H25N. The van der Waals surface area contributed by atoms with Crippen LogP contribution >= 0.6 is 0 Å². The summed E-state index contributed by atoms with van der Waals surface area (Å²) in [4.78, 5) is 0. The fraction of sp³-hybridized carbons (Fsp3) is 0.200. The third kappa shape index (κ3) is 3.11. The van der Waals surface area contributed by atoms with Crippen LogP contribution in [0.2, 0.25) is 0 Å². The molecule has 0 spiro atoms. The van der Waals surface area contributed by atoms with Crippen LogP contribution in [0.15, 0.2) is 85.0 Å². The lowest BCUT2D eigenvalue weighted by atomic mass is 9.85. The van der Waals surface area contributed by atoms with E-state index in [2.05, 4.69) is 104 Å². The zero-order valence-corrected chi connectivity index (χ0v) is 15.5. The van der Waals surface area contributed by atoms with Gasteiger partial charge in [-0.25, -0.2) is 0 Å². The van der Waals surface area contributed by atoms with Crippen molar-refractivity contribution in [3.8, 4) is 11.1 Å². The maximum atomic E-state index is 3.51. The second-order valence-electron chi connectivity index (χ2n) is 7.38. The van der Waals surface area contributed by atoms with Crippen molar-refractivity contribution in [3.05, 3.63) is 90.5 Å². The lowest BCUT2D eigenvalue weighted by molar-refractivity contribution is 0.400. The number of nitrogens with one attached hydrogen (secondary N) is 1. The molecule has 0 radical (unpaired) electrons. The number of fused-ring (bicyclic) bond motifs is 1. The Labute approximate surface area is 156 Å². The zero-order chi connectivity index (χ0) is 18.0. The van der Waals surface area contributed by atoms with Crippen LogP contribution in [0.4, 0.5) is 0 Å². The maximum absolute atomic E-state index is 3.51. The molecule has 0 aliphatic heterocycles. The second-order valence-corrected chi connectivity index (χ2v) is 7.38. The van der Waals surface area contributed by atoms with Gasteiger partial charge in [-0.2, -0.15) is 0 Å². The summed E-state index contributed by atoms with van der Waals surface area (Å²) in [6.45, 7) is 2.30. The Hall–Kier alpha value is -2.64. The molecule has 1 aliphatic rings. The third-order valence-electron chi connectivity index (χ3n) is 5.54. The highest BCUT2D eigenvalue weighted by Gasteiger charge is 2.24. The molecule has 3 aromatic rings. The van der Waals surface area contributed by atoms with Crippen molar-refractivity contribution in [1.29, 1.82) is 0 Å². The Bertz CT molecular complexity index is 981. The average Bonchev–Trinajstić information content (AvgIpc) is 2.90. The number of rotatable bonds is 3. The first-order valence-corrected chi connectivity index (χ1v) is 9.32. The van der Waals surface area contributed by atoms with Gasteiger partial charge in [0.2, 0.25) is 0 Å². The minimum atomic E-state index is 0.0953. The topological polar surface area (TPSA) is 12.0 Å². The van der Waals surface area contributed by atoms with Crippen molar-refractivity contribution in [3.63, 3.8) is 0 Å². The summed E-state index contributed by atoms with van der Waals surface area (Å²) in [7, 11) is 2.06. The molecule has 0 saturated heterocycles. The summed E-state index contributed by atoms with van der Waals surface area (Å²) in [5.41, 5.74) is 5.40. The molecule has 1 aliphatic carbocycles. The fourth-order valence-corrected chi connectivity index (χ4v) is 3.89. The Morgan fingerprint density at radius 3 is 2.19 bits per heavy atom. The van der Waals surface area contributed by atoms with Crippen molar-refractivity contribution < 1.29 is 0 Å². The smallest absolute Gasteiger partial charge is 0.0225 e. The van der Waals surface area contributed by atoms with E-state index >= 15 is 0 Å². The minimum absolute atomic E-state index is 0.0953. The molecule has 130 valence electrons. The first kappa shape index (κ1) is 16.8. The highest BCUT2D eigenvalue weighted by Crippen LogP contribution is 2.37. The standard InChI is InChI=1S/C25H25N/c1-25(26-2)17-9-8-12-20(18-25)22-16-15-21(19-10-4-3-5-11-19)23-13-6-7-14-24(22)23/h3-16,26H,17-18H2,1-2H3. The number of allylic oxidation sites excluding steroid dienone is 2. The molecule has 0 fully saturated rings. The van der Waals surface area contributed by atoms with E-state index in [1.54, 1.807) is 0 Å². The van der Waals surface area contributed by atoms with Crippen LogP contribution in [-0.2, 0) is 0 Å². The van der Waals surface area contributed by atoms with Gasteiger partial charge in [0.05, 0.1) is 0 Å². The van der Waals surface area contributed by atoms with Gasteiger partial charge in [0, 0.05) is 5.54 Å². The number of benzene rings is 3. The first-order chi connectivity index (χ1) is 12.7. The lowest BCUT2D eigenvalue weighted by Gasteiger charge is -2.29. The summed E-state index contributed by atoms with van der Waals surface area (Å²) in [6.07, 6.45) is 8.82. The second kappa shape index (κ2) is 6.93. The average molecular weight is 339 g/mol. The Morgan fingerprint density at radius 1 is 0.808 bits per heavy atom. The third-order valence-corrected chi connectivity index (χ3v) is 5.54. The molecule has 0 heterocycles. The van der Waals surface area contributed by atoms with Gasteiger partial charge in [0.15, 0.2) is 0 Å². The molecule has 26 heavy (non-hydrogen) atoms. The number of hydrogen-bond acceptors (Lipinski definition) is 1.